The summed E-state index contributed by atoms with van der Waals surface area (Å²) in [6.45, 7) is 4.96. The van der Waals surface area contributed by atoms with Gasteiger partial charge in [0.1, 0.15) is 11.8 Å². The molecular weight excluding hydrogens is 196 g/mol. The molecule has 0 fully saturated rings. The first-order valence-electron chi connectivity index (χ1n) is 5.32. The fourth-order valence-electron chi connectivity index (χ4n) is 1.81. The summed E-state index contributed by atoms with van der Waals surface area (Å²) < 4.78 is 1.97. The highest BCUT2D eigenvalue weighted by Gasteiger charge is 2.03. The van der Waals surface area contributed by atoms with E-state index in [9.17, 15) is 0 Å². The van der Waals surface area contributed by atoms with Gasteiger partial charge in [-0.15, -0.1) is 0 Å². The lowest BCUT2D eigenvalue weighted by Crippen LogP contribution is -2.02. The van der Waals surface area contributed by atoms with Crippen molar-refractivity contribution in [3.8, 4) is 6.07 Å². The Labute approximate surface area is 95.8 Å². The number of aromatic nitrogens is 1. The van der Waals surface area contributed by atoms with Crippen LogP contribution in [0.5, 0.6) is 0 Å². The molecule has 16 heavy (non-hydrogen) atoms. The summed E-state index contributed by atoms with van der Waals surface area (Å²) in [5.74, 6) is 0. The van der Waals surface area contributed by atoms with Crippen molar-refractivity contribution in [2.24, 2.45) is 0 Å². The smallest absolute Gasteiger partial charge is 0.120 e. The van der Waals surface area contributed by atoms with Crippen molar-refractivity contribution in [2.45, 2.75) is 20.4 Å². The second-order valence-electron chi connectivity index (χ2n) is 4.06. The molecule has 0 radical (unpaired) electrons. The number of rotatable bonds is 2. The predicted molar refractivity (Wildman–Crippen MR) is 64.2 cm³/mol. The van der Waals surface area contributed by atoms with Crippen molar-refractivity contribution in [3.63, 3.8) is 0 Å². The molecule has 0 unspecified atom stereocenters. The molecule has 0 saturated heterocycles. The molecule has 0 N–H and O–H groups in total. The molecule has 2 nitrogen and oxygen atoms in total. The van der Waals surface area contributed by atoms with Crippen LogP contribution < -0.4 is 0 Å². The molecule has 0 amide bonds. The second-order valence-corrected chi connectivity index (χ2v) is 4.06. The maximum Gasteiger partial charge on any atom is 0.120 e. The van der Waals surface area contributed by atoms with Gasteiger partial charge in [-0.05, 0) is 37.1 Å². The molecule has 2 heteroatoms. The Balaban J connectivity index is 2.34. The van der Waals surface area contributed by atoms with Gasteiger partial charge in [0.2, 0.25) is 0 Å². The zero-order valence-electron chi connectivity index (χ0n) is 9.57. The lowest BCUT2D eigenvalue weighted by Gasteiger charge is -2.09. The van der Waals surface area contributed by atoms with Crippen molar-refractivity contribution >= 4 is 0 Å². The van der Waals surface area contributed by atoms with Gasteiger partial charge in [0.25, 0.3) is 0 Å². The van der Waals surface area contributed by atoms with Gasteiger partial charge in [-0.3, -0.25) is 0 Å². The van der Waals surface area contributed by atoms with E-state index >= 15 is 0 Å². The third-order valence-electron chi connectivity index (χ3n) is 2.79. The molecular formula is C14H14N2. The second kappa shape index (κ2) is 4.24. The average Bonchev–Trinajstić information content (AvgIpc) is 2.71. The molecule has 0 aliphatic rings. The molecule has 0 bridgehead atoms. The summed E-state index contributed by atoms with van der Waals surface area (Å²) in [5.41, 5.74) is 4.50. The zero-order chi connectivity index (χ0) is 11.5. The minimum Gasteiger partial charge on any atom is -0.335 e. The average molecular weight is 210 g/mol. The molecule has 2 rings (SSSR count). The van der Waals surface area contributed by atoms with Crippen LogP contribution in [0.2, 0.25) is 0 Å². The van der Waals surface area contributed by atoms with E-state index in [0.29, 0.717) is 5.69 Å². The van der Waals surface area contributed by atoms with E-state index in [1.54, 1.807) is 0 Å². The van der Waals surface area contributed by atoms with Crippen LogP contribution in [0.25, 0.3) is 0 Å². The number of benzene rings is 1. The van der Waals surface area contributed by atoms with Gasteiger partial charge >= 0.3 is 0 Å². The number of nitrogens with zero attached hydrogens (tertiary/aromatic N) is 2. The lowest BCUT2D eigenvalue weighted by molar-refractivity contribution is 0.787. The van der Waals surface area contributed by atoms with Crippen LogP contribution in [0.3, 0.4) is 0 Å². The number of hydrogen-bond donors (Lipinski definition) is 0. The Hall–Kier alpha value is -2.01. The number of aryl methyl sites for hydroxylation is 2. The quantitative estimate of drug-likeness (QED) is 0.749. The fraction of sp³-hybridized carbons (Fsp3) is 0.214. The van der Waals surface area contributed by atoms with Gasteiger partial charge in [-0.2, -0.15) is 5.26 Å². The predicted octanol–water partition coefficient (Wildman–Crippen LogP) is 3.02. The van der Waals surface area contributed by atoms with E-state index in [0.717, 1.165) is 6.54 Å². The van der Waals surface area contributed by atoms with Crippen molar-refractivity contribution in [3.05, 3.63) is 58.9 Å². The van der Waals surface area contributed by atoms with Crippen molar-refractivity contribution in [2.75, 3.05) is 0 Å². The summed E-state index contributed by atoms with van der Waals surface area (Å²) in [5, 5.41) is 8.94. The Morgan fingerprint density at radius 1 is 1.25 bits per heavy atom. The SMILES string of the molecule is Cc1ccc(C)c(Cn2cccc2C#N)c1. The Kier molecular flexibility index (Phi) is 2.78. The molecule has 0 saturated carbocycles. The summed E-state index contributed by atoms with van der Waals surface area (Å²) >= 11 is 0. The molecule has 0 spiro atoms. The molecule has 1 aromatic carbocycles. The Bertz CT molecular complexity index is 544. The molecule has 0 aliphatic heterocycles. The van der Waals surface area contributed by atoms with E-state index in [1.807, 2.05) is 22.9 Å². The molecule has 80 valence electrons. The van der Waals surface area contributed by atoms with Gasteiger partial charge in [-0.25, -0.2) is 0 Å². The number of nitriles is 1. The van der Waals surface area contributed by atoms with Crippen molar-refractivity contribution < 1.29 is 0 Å². The normalized spacial score (nSPS) is 10.1. The van der Waals surface area contributed by atoms with Gasteiger partial charge in [0.05, 0.1) is 0 Å². The monoisotopic (exact) mass is 210 g/mol. The maximum atomic E-state index is 8.94. The minimum atomic E-state index is 0.709. The van der Waals surface area contributed by atoms with E-state index in [1.165, 1.54) is 16.7 Å². The number of hydrogen-bond acceptors (Lipinski definition) is 1. The van der Waals surface area contributed by atoms with Gasteiger partial charge in [0.15, 0.2) is 0 Å². The molecule has 0 atom stereocenters. The van der Waals surface area contributed by atoms with Crippen molar-refractivity contribution in [1.82, 2.24) is 4.57 Å². The Morgan fingerprint density at radius 3 is 2.81 bits per heavy atom. The van der Waals surface area contributed by atoms with E-state index in [4.69, 9.17) is 5.26 Å². The first kappa shape index (κ1) is 10.5. The minimum absolute atomic E-state index is 0.709. The summed E-state index contributed by atoms with van der Waals surface area (Å²) in [6, 6.07) is 12.4. The Morgan fingerprint density at radius 2 is 2.06 bits per heavy atom. The summed E-state index contributed by atoms with van der Waals surface area (Å²) in [7, 11) is 0. The molecule has 0 aliphatic carbocycles. The largest absolute Gasteiger partial charge is 0.335 e. The van der Waals surface area contributed by atoms with Crippen LogP contribution in [0, 0.1) is 25.2 Å². The van der Waals surface area contributed by atoms with Crippen LogP contribution >= 0.6 is 0 Å². The van der Waals surface area contributed by atoms with E-state index in [2.05, 4.69) is 38.1 Å². The van der Waals surface area contributed by atoms with E-state index < -0.39 is 0 Å². The fourth-order valence-corrected chi connectivity index (χ4v) is 1.81. The topological polar surface area (TPSA) is 28.7 Å². The first-order valence-corrected chi connectivity index (χ1v) is 5.32. The molecule has 2 aromatic rings. The maximum absolute atomic E-state index is 8.94. The third kappa shape index (κ3) is 1.99. The van der Waals surface area contributed by atoms with Crippen LogP contribution in [-0.2, 0) is 6.54 Å². The van der Waals surface area contributed by atoms with Crippen LogP contribution in [0.1, 0.15) is 22.4 Å². The molecule has 1 heterocycles. The highest BCUT2D eigenvalue weighted by molar-refractivity contribution is 5.32. The van der Waals surface area contributed by atoms with Crippen LogP contribution in [0.15, 0.2) is 36.5 Å². The first-order chi connectivity index (χ1) is 7.70. The van der Waals surface area contributed by atoms with Crippen LogP contribution in [-0.4, -0.2) is 4.57 Å². The van der Waals surface area contributed by atoms with Crippen molar-refractivity contribution in [1.29, 1.82) is 5.26 Å². The van der Waals surface area contributed by atoms with Crippen LogP contribution in [0.4, 0.5) is 0 Å². The summed E-state index contributed by atoms with van der Waals surface area (Å²) in [6.07, 6.45) is 1.94. The lowest BCUT2D eigenvalue weighted by atomic mass is 10.1. The van der Waals surface area contributed by atoms with E-state index in [-0.39, 0.29) is 0 Å². The highest BCUT2D eigenvalue weighted by Crippen LogP contribution is 2.13. The molecule has 1 aromatic heterocycles. The standard InChI is InChI=1S/C14H14N2/c1-11-5-6-12(2)13(8-11)10-16-7-3-4-14(16)9-15/h3-8H,10H2,1-2H3. The van der Waals surface area contributed by atoms with Gasteiger partial charge < -0.3 is 4.57 Å². The van der Waals surface area contributed by atoms with Gasteiger partial charge in [-0.1, -0.05) is 23.8 Å². The zero-order valence-corrected chi connectivity index (χ0v) is 9.57. The highest BCUT2D eigenvalue weighted by atomic mass is 15.0. The third-order valence-corrected chi connectivity index (χ3v) is 2.79. The van der Waals surface area contributed by atoms with Gasteiger partial charge in [0, 0.05) is 12.7 Å². The summed E-state index contributed by atoms with van der Waals surface area (Å²) in [4.78, 5) is 0.